The lowest BCUT2D eigenvalue weighted by Gasteiger charge is -2.33. The van der Waals surface area contributed by atoms with E-state index in [4.69, 9.17) is 4.74 Å². The highest BCUT2D eigenvalue weighted by molar-refractivity contribution is 5.63. The molecule has 2 rings (SSSR count). The molecule has 0 amide bonds. The molecule has 20 heavy (non-hydrogen) atoms. The van der Waals surface area contributed by atoms with Crippen molar-refractivity contribution in [2.75, 3.05) is 24.3 Å². The summed E-state index contributed by atoms with van der Waals surface area (Å²) in [6.45, 7) is 7.50. The minimum atomic E-state index is 0.462. The highest BCUT2D eigenvalue weighted by atomic mass is 16.5. The van der Waals surface area contributed by atoms with Crippen LogP contribution in [0.3, 0.4) is 0 Å². The van der Waals surface area contributed by atoms with Crippen LogP contribution in [0.15, 0.2) is 6.33 Å². The molecule has 5 nitrogen and oxygen atoms in total. The van der Waals surface area contributed by atoms with Crippen LogP contribution in [-0.2, 0) is 0 Å². The van der Waals surface area contributed by atoms with Crippen molar-refractivity contribution in [1.82, 2.24) is 9.97 Å². The second-order valence-electron chi connectivity index (χ2n) is 5.78. The third-order valence-electron chi connectivity index (χ3n) is 4.11. The van der Waals surface area contributed by atoms with E-state index in [1.54, 1.807) is 13.4 Å². The number of hydrogen-bond acceptors (Lipinski definition) is 5. The molecule has 3 atom stereocenters. The molecule has 1 fully saturated rings. The van der Waals surface area contributed by atoms with Crippen LogP contribution >= 0.6 is 0 Å². The maximum Gasteiger partial charge on any atom is 0.204 e. The number of nitrogens with one attached hydrogen (secondary N) is 2. The third-order valence-corrected chi connectivity index (χ3v) is 4.11. The smallest absolute Gasteiger partial charge is 0.204 e. The molecule has 0 saturated heterocycles. The maximum absolute atomic E-state index is 5.48. The first-order chi connectivity index (χ1) is 9.65. The van der Waals surface area contributed by atoms with Gasteiger partial charge in [0.1, 0.15) is 6.33 Å². The Morgan fingerprint density at radius 2 is 2.00 bits per heavy atom. The summed E-state index contributed by atoms with van der Waals surface area (Å²) in [5, 5.41) is 6.76. The Bertz CT molecular complexity index is 438. The van der Waals surface area contributed by atoms with Gasteiger partial charge in [0.15, 0.2) is 11.6 Å². The van der Waals surface area contributed by atoms with Gasteiger partial charge in [-0.05, 0) is 38.0 Å². The van der Waals surface area contributed by atoms with Crippen LogP contribution < -0.4 is 15.4 Å². The fourth-order valence-corrected chi connectivity index (χ4v) is 3.02. The Labute approximate surface area is 121 Å². The average molecular weight is 278 g/mol. The monoisotopic (exact) mass is 278 g/mol. The van der Waals surface area contributed by atoms with E-state index >= 15 is 0 Å². The molecule has 1 aliphatic rings. The van der Waals surface area contributed by atoms with E-state index in [1.165, 1.54) is 19.3 Å². The molecular formula is C15H26N4O. The summed E-state index contributed by atoms with van der Waals surface area (Å²) < 4.78 is 5.48. The Balaban J connectivity index is 2.14. The molecule has 0 bridgehead atoms. The van der Waals surface area contributed by atoms with E-state index < -0.39 is 0 Å². The van der Waals surface area contributed by atoms with Crippen molar-refractivity contribution in [2.24, 2.45) is 11.8 Å². The minimum Gasteiger partial charge on any atom is -0.490 e. The van der Waals surface area contributed by atoms with Gasteiger partial charge in [-0.1, -0.05) is 13.8 Å². The van der Waals surface area contributed by atoms with Crippen molar-refractivity contribution < 1.29 is 4.74 Å². The van der Waals surface area contributed by atoms with E-state index in [2.05, 4.69) is 34.4 Å². The largest absolute Gasteiger partial charge is 0.490 e. The van der Waals surface area contributed by atoms with Crippen LogP contribution in [-0.4, -0.2) is 29.7 Å². The molecule has 0 aliphatic heterocycles. The van der Waals surface area contributed by atoms with Crippen molar-refractivity contribution in [3.05, 3.63) is 6.33 Å². The van der Waals surface area contributed by atoms with Crippen LogP contribution in [0.1, 0.15) is 40.0 Å². The molecule has 2 N–H and O–H groups in total. The van der Waals surface area contributed by atoms with Gasteiger partial charge < -0.3 is 15.4 Å². The molecule has 1 saturated carbocycles. The summed E-state index contributed by atoms with van der Waals surface area (Å²) in [5.74, 6) is 3.74. The number of nitrogens with zero attached hydrogens (tertiary/aromatic N) is 2. The maximum atomic E-state index is 5.48. The van der Waals surface area contributed by atoms with Gasteiger partial charge in [-0.15, -0.1) is 0 Å². The van der Waals surface area contributed by atoms with Crippen LogP contribution in [0, 0.1) is 11.8 Å². The van der Waals surface area contributed by atoms with Gasteiger partial charge in [-0.2, -0.15) is 0 Å². The van der Waals surface area contributed by atoms with E-state index in [-0.39, 0.29) is 0 Å². The first-order valence-electron chi connectivity index (χ1n) is 7.55. The highest BCUT2D eigenvalue weighted by Crippen LogP contribution is 2.34. The van der Waals surface area contributed by atoms with Gasteiger partial charge in [-0.3, -0.25) is 0 Å². The van der Waals surface area contributed by atoms with Crippen molar-refractivity contribution in [1.29, 1.82) is 0 Å². The molecule has 3 unspecified atom stereocenters. The molecule has 1 aromatic rings. The topological polar surface area (TPSA) is 59.1 Å². The summed E-state index contributed by atoms with van der Waals surface area (Å²) in [6, 6.07) is 0.462. The molecule has 112 valence electrons. The zero-order valence-electron chi connectivity index (χ0n) is 12.9. The van der Waals surface area contributed by atoms with Gasteiger partial charge in [0.05, 0.1) is 7.11 Å². The summed E-state index contributed by atoms with van der Waals surface area (Å²) in [5.41, 5.74) is 0. The second kappa shape index (κ2) is 6.77. The Morgan fingerprint density at radius 1 is 1.25 bits per heavy atom. The summed E-state index contributed by atoms with van der Waals surface area (Å²) in [7, 11) is 1.66. The van der Waals surface area contributed by atoms with Crippen molar-refractivity contribution in [2.45, 2.75) is 46.1 Å². The summed E-state index contributed by atoms with van der Waals surface area (Å²) in [6.07, 6.45) is 5.31. The van der Waals surface area contributed by atoms with Crippen LogP contribution in [0.5, 0.6) is 5.75 Å². The first-order valence-corrected chi connectivity index (χ1v) is 7.55. The predicted octanol–water partition coefficient (Wildman–Crippen LogP) is 3.15. The Kier molecular flexibility index (Phi) is 5.04. The van der Waals surface area contributed by atoms with E-state index in [0.29, 0.717) is 17.7 Å². The quantitative estimate of drug-likeness (QED) is 0.866. The second-order valence-corrected chi connectivity index (χ2v) is 5.78. The molecular weight excluding hydrogens is 252 g/mol. The minimum absolute atomic E-state index is 0.462. The van der Waals surface area contributed by atoms with Gasteiger partial charge in [0.25, 0.3) is 0 Å². The third kappa shape index (κ3) is 3.32. The van der Waals surface area contributed by atoms with Crippen molar-refractivity contribution >= 4 is 11.6 Å². The molecule has 0 aromatic carbocycles. The number of aromatic nitrogens is 2. The lowest BCUT2D eigenvalue weighted by molar-refractivity contribution is 0.275. The number of rotatable bonds is 5. The highest BCUT2D eigenvalue weighted by Gasteiger charge is 2.26. The molecule has 1 heterocycles. The molecule has 1 aliphatic carbocycles. The van der Waals surface area contributed by atoms with Gasteiger partial charge in [0, 0.05) is 12.6 Å². The van der Waals surface area contributed by atoms with Gasteiger partial charge >= 0.3 is 0 Å². The van der Waals surface area contributed by atoms with E-state index in [9.17, 15) is 0 Å². The number of hydrogen-bond donors (Lipinski definition) is 2. The lowest BCUT2D eigenvalue weighted by atomic mass is 9.80. The number of anilines is 2. The zero-order chi connectivity index (χ0) is 14.5. The van der Waals surface area contributed by atoms with Crippen LogP contribution in [0.2, 0.25) is 0 Å². The Morgan fingerprint density at radius 3 is 2.65 bits per heavy atom. The standard InChI is InChI=1S/C15H26N4O/c1-5-16-14-13(20-4)15(18-9-17-14)19-12-7-6-10(2)8-11(12)3/h9-12H,5-8H2,1-4H3,(H2,16,17,18,19). The van der Waals surface area contributed by atoms with E-state index in [0.717, 1.165) is 24.1 Å². The van der Waals surface area contributed by atoms with Crippen molar-refractivity contribution in [3.8, 4) is 5.75 Å². The molecule has 1 aromatic heterocycles. The van der Waals surface area contributed by atoms with Gasteiger partial charge in [0.2, 0.25) is 5.75 Å². The summed E-state index contributed by atoms with van der Waals surface area (Å²) >= 11 is 0. The normalized spacial score (nSPS) is 26.1. The molecule has 0 radical (unpaired) electrons. The molecule has 5 heteroatoms. The first kappa shape index (κ1) is 14.9. The SMILES string of the molecule is CCNc1ncnc(NC2CCC(C)CC2C)c1OC. The Hall–Kier alpha value is -1.52. The van der Waals surface area contributed by atoms with Gasteiger partial charge in [-0.25, -0.2) is 9.97 Å². The fourth-order valence-electron chi connectivity index (χ4n) is 3.02. The number of ether oxygens (including phenoxy) is 1. The van der Waals surface area contributed by atoms with Crippen LogP contribution in [0.4, 0.5) is 11.6 Å². The zero-order valence-corrected chi connectivity index (χ0v) is 12.9. The number of methoxy groups -OCH3 is 1. The average Bonchev–Trinajstić information content (AvgIpc) is 2.42. The summed E-state index contributed by atoms with van der Waals surface area (Å²) in [4.78, 5) is 8.59. The molecule has 0 spiro atoms. The fraction of sp³-hybridized carbons (Fsp3) is 0.733. The van der Waals surface area contributed by atoms with Crippen molar-refractivity contribution in [3.63, 3.8) is 0 Å². The van der Waals surface area contributed by atoms with Crippen LogP contribution in [0.25, 0.3) is 0 Å². The predicted molar refractivity (Wildman–Crippen MR) is 82.3 cm³/mol. The van der Waals surface area contributed by atoms with E-state index in [1.807, 2.05) is 6.92 Å². The lowest BCUT2D eigenvalue weighted by Crippen LogP contribution is -2.33.